The van der Waals surface area contributed by atoms with Gasteiger partial charge in [-0.05, 0) is 44.0 Å². The molecule has 0 heterocycles. The molecular formula is C17H25NO3. The summed E-state index contributed by atoms with van der Waals surface area (Å²) < 4.78 is 5.20. The number of carboxylic acids is 1. The van der Waals surface area contributed by atoms with E-state index in [1.54, 1.807) is 13.2 Å². The van der Waals surface area contributed by atoms with Crippen LogP contribution in [0.5, 0.6) is 0 Å². The molecule has 116 valence electrons. The van der Waals surface area contributed by atoms with Crippen LogP contribution in [0.4, 0.5) is 5.69 Å². The third-order valence-corrected chi connectivity index (χ3v) is 3.56. The topological polar surface area (TPSA) is 49.8 Å². The third-order valence-electron chi connectivity index (χ3n) is 3.56. The number of ether oxygens (including phenoxy) is 1. The largest absolute Gasteiger partial charge is 0.478 e. The smallest absolute Gasteiger partial charge is 0.328 e. The first-order valence-electron chi connectivity index (χ1n) is 7.26. The molecule has 0 saturated carbocycles. The van der Waals surface area contributed by atoms with Crippen LogP contribution in [0.25, 0.3) is 6.08 Å². The lowest BCUT2D eigenvalue weighted by molar-refractivity contribution is -0.131. The van der Waals surface area contributed by atoms with Gasteiger partial charge in [-0.2, -0.15) is 0 Å². The Hall–Kier alpha value is -1.81. The highest BCUT2D eigenvalue weighted by Gasteiger charge is 2.15. The summed E-state index contributed by atoms with van der Waals surface area (Å²) in [6, 6.07) is 6.48. The summed E-state index contributed by atoms with van der Waals surface area (Å²) in [7, 11) is 1.69. The number of methoxy groups -OCH3 is 1. The molecule has 1 unspecified atom stereocenters. The Morgan fingerprint density at radius 2 is 2.19 bits per heavy atom. The zero-order chi connectivity index (χ0) is 15.8. The van der Waals surface area contributed by atoms with Gasteiger partial charge in [-0.25, -0.2) is 4.79 Å². The molecule has 0 amide bonds. The van der Waals surface area contributed by atoms with E-state index in [0.717, 1.165) is 29.8 Å². The van der Waals surface area contributed by atoms with E-state index in [1.807, 2.05) is 13.0 Å². The van der Waals surface area contributed by atoms with Crippen LogP contribution in [0.3, 0.4) is 0 Å². The number of hydrogen-bond acceptors (Lipinski definition) is 3. The summed E-state index contributed by atoms with van der Waals surface area (Å²) in [5.41, 5.74) is 3.08. The van der Waals surface area contributed by atoms with E-state index in [2.05, 4.69) is 30.9 Å². The molecule has 0 aliphatic heterocycles. The van der Waals surface area contributed by atoms with Crippen molar-refractivity contribution in [2.45, 2.75) is 33.2 Å². The quantitative estimate of drug-likeness (QED) is 0.746. The SMILES string of the molecule is CCC(C)N(CCOC)c1ccc(C)cc1/C=C/C(=O)O. The van der Waals surface area contributed by atoms with Crippen LogP contribution in [0, 0.1) is 6.92 Å². The number of aliphatic carboxylic acids is 1. The van der Waals surface area contributed by atoms with Gasteiger partial charge >= 0.3 is 5.97 Å². The maximum absolute atomic E-state index is 10.8. The molecule has 1 aromatic carbocycles. The predicted molar refractivity (Wildman–Crippen MR) is 86.8 cm³/mol. The number of carbonyl (C=O) groups is 1. The van der Waals surface area contributed by atoms with Crippen molar-refractivity contribution in [3.63, 3.8) is 0 Å². The molecule has 0 aliphatic rings. The fourth-order valence-electron chi connectivity index (χ4n) is 2.22. The minimum Gasteiger partial charge on any atom is -0.478 e. The molecule has 21 heavy (non-hydrogen) atoms. The molecule has 0 fully saturated rings. The first-order chi connectivity index (χ1) is 9.99. The average Bonchev–Trinajstić information content (AvgIpc) is 2.46. The number of anilines is 1. The van der Waals surface area contributed by atoms with Gasteiger partial charge in [0.25, 0.3) is 0 Å². The number of hydrogen-bond donors (Lipinski definition) is 1. The van der Waals surface area contributed by atoms with Crippen molar-refractivity contribution in [3.8, 4) is 0 Å². The van der Waals surface area contributed by atoms with Crippen molar-refractivity contribution in [2.75, 3.05) is 25.2 Å². The Kier molecular flexibility index (Phi) is 6.96. The maximum Gasteiger partial charge on any atom is 0.328 e. The molecule has 4 heteroatoms. The van der Waals surface area contributed by atoms with Gasteiger partial charge in [-0.1, -0.05) is 18.6 Å². The van der Waals surface area contributed by atoms with Crippen molar-refractivity contribution in [3.05, 3.63) is 35.4 Å². The predicted octanol–water partition coefficient (Wildman–Crippen LogP) is 3.34. The van der Waals surface area contributed by atoms with Crippen LogP contribution in [-0.2, 0) is 9.53 Å². The summed E-state index contributed by atoms with van der Waals surface area (Å²) >= 11 is 0. The summed E-state index contributed by atoms with van der Waals surface area (Å²) in [6.07, 6.45) is 3.86. The van der Waals surface area contributed by atoms with Gasteiger partial charge in [-0.3, -0.25) is 0 Å². The molecule has 1 N–H and O–H groups in total. The van der Waals surface area contributed by atoms with E-state index in [9.17, 15) is 4.79 Å². The lowest BCUT2D eigenvalue weighted by Gasteiger charge is -2.32. The van der Waals surface area contributed by atoms with Crippen LogP contribution in [0.1, 0.15) is 31.4 Å². The molecule has 0 bridgehead atoms. The second-order valence-corrected chi connectivity index (χ2v) is 5.18. The lowest BCUT2D eigenvalue weighted by Crippen LogP contribution is -2.35. The van der Waals surface area contributed by atoms with Gasteiger partial charge in [-0.15, -0.1) is 0 Å². The van der Waals surface area contributed by atoms with E-state index in [4.69, 9.17) is 9.84 Å². The van der Waals surface area contributed by atoms with Crippen LogP contribution < -0.4 is 4.90 Å². The first-order valence-corrected chi connectivity index (χ1v) is 7.26. The molecule has 0 aliphatic carbocycles. The molecule has 0 radical (unpaired) electrons. The number of carboxylic acid groups (broad SMARTS) is 1. The molecule has 0 saturated heterocycles. The van der Waals surface area contributed by atoms with E-state index in [0.29, 0.717) is 12.6 Å². The zero-order valence-electron chi connectivity index (χ0n) is 13.3. The zero-order valence-corrected chi connectivity index (χ0v) is 13.3. The van der Waals surface area contributed by atoms with Crippen molar-refractivity contribution in [2.24, 2.45) is 0 Å². The molecular weight excluding hydrogens is 266 g/mol. The molecule has 0 aromatic heterocycles. The molecule has 1 rings (SSSR count). The highest BCUT2D eigenvalue weighted by atomic mass is 16.5. The van der Waals surface area contributed by atoms with E-state index in [1.165, 1.54) is 6.08 Å². The molecule has 0 spiro atoms. The van der Waals surface area contributed by atoms with Crippen LogP contribution >= 0.6 is 0 Å². The normalized spacial score (nSPS) is 12.6. The second-order valence-electron chi connectivity index (χ2n) is 5.18. The first kappa shape index (κ1) is 17.2. The van der Waals surface area contributed by atoms with E-state index >= 15 is 0 Å². The minimum atomic E-state index is -0.936. The second kappa shape index (κ2) is 8.47. The highest BCUT2D eigenvalue weighted by Crippen LogP contribution is 2.26. The summed E-state index contributed by atoms with van der Waals surface area (Å²) in [4.78, 5) is 13.0. The standard InChI is InChI=1S/C17H25NO3/c1-5-14(3)18(10-11-21-4)16-8-6-13(2)12-15(16)7-9-17(19)20/h6-9,12,14H,5,10-11H2,1-4H3,(H,19,20)/b9-7+. The van der Waals surface area contributed by atoms with E-state index in [-0.39, 0.29) is 0 Å². The van der Waals surface area contributed by atoms with Gasteiger partial charge in [0.2, 0.25) is 0 Å². The van der Waals surface area contributed by atoms with Gasteiger partial charge in [0.15, 0.2) is 0 Å². The lowest BCUT2D eigenvalue weighted by atomic mass is 10.1. The van der Waals surface area contributed by atoms with Crippen LogP contribution in [-0.4, -0.2) is 37.4 Å². The van der Waals surface area contributed by atoms with Gasteiger partial charge in [0.1, 0.15) is 0 Å². The number of nitrogens with zero attached hydrogens (tertiary/aromatic N) is 1. The summed E-state index contributed by atoms with van der Waals surface area (Å²) in [6.45, 7) is 7.74. The van der Waals surface area contributed by atoms with E-state index < -0.39 is 5.97 Å². The van der Waals surface area contributed by atoms with Crippen molar-refractivity contribution < 1.29 is 14.6 Å². The Bertz CT molecular complexity index is 497. The number of benzene rings is 1. The molecule has 4 nitrogen and oxygen atoms in total. The van der Waals surface area contributed by atoms with Crippen molar-refractivity contribution in [1.29, 1.82) is 0 Å². The average molecular weight is 291 g/mol. The fraction of sp³-hybridized carbons (Fsp3) is 0.471. The minimum absolute atomic E-state index is 0.361. The van der Waals surface area contributed by atoms with Gasteiger partial charge < -0.3 is 14.7 Å². The third kappa shape index (κ3) is 5.23. The number of rotatable bonds is 8. The Morgan fingerprint density at radius 3 is 2.76 bits per heavy atom. The van der Waals surface area contributed by atoms with Crippen molar-refractivity contribution in [1.82, 2.24) is 0 Å². The van der Waals surface area contributed by atoms with Gasteiger partial charge in [0, 0.05) is 31.5 Å². The summed E-state index contributed by atoms with van der Waals surface area (Å²) in [5, 5.41) is 8.85. The Morgan fingerprint density at radius 1 is 1.48 bits per heavy atom. The Balaban J connectivity index is 3.19. The molecule has 1 atom stereocenters. The van der Waals surface area contributed by atoms with Crippen LogP contribution in [0.2, 0.25) is 0 Å². The van der Waals surface area contributed by atoms with Crippen LogP contribution in [0.15, 0.2) is 24.3 Å². The number of aryl methyl sites for hydroxylation is 1. The van der Waals surface area contributed by atoms with Gasteiger partial charge in [0.05, 0.1) is 6.61 Å². The monoisotopic (exact) mass is 291 g/mol. The summed E-state index contributed by atoms with van der Waals surface area (Å²) in [5.74, 6) is -0.936. The van der Waals surface area contributed by atoms with Crippen molar-refractivity contribution >= 4 is 17.7 Å². The Labute approximate surface area is 127 Å². The fourth-order valence-corrected chi connectivity index (χ4v) is 2.22. The molecule has 1 aromatic rings. The highest BCUT2D eigenvalue weighted by molar-refractivity contribution is 5.87. The maximum atomic E-state index is 10.8.